The number of hydrogen-bond acceptors (Lipinski definition) is 3. The van der Waals surface area contributed by atoms with Gasteiger partial charge in [-0.05, 0) is 27.2 Å². The van der Waals surface area contributed by atoms with E-state index in [0.29, 0.717) is 6.42 Å². The van der Waals surface area contributed by atoms with E-state index in [0.717, 1.165) is 23.8 Å². The number of rotatable bonds is 4. The van der Waals surface area contributed by atoms with E-state index in [9.17, 15) is 5.11 Å². The van der Waals surface area contributed by atoms with Crippen LogP contribution in [0.5, 0.6) is 0 Å². The summed E-state index contributed by atoms with van der Waals surface area (Å²) in [6, 6.07) is 0. The smallest absolute Gasteiger partial charge is 0.160 e. The third kappa shape index (κ3) is 2.74. The summed E-state index contributed by atoms with van der Waals surface area (Å²) in [4.78, 5) is 11.6. The van der Waals surface area contributed by atoms with Crippen molar-refractivity contribution in [2.45, 2.75) is 39.3 Å². The molecule has 0 aliphatic heterocycles. The Morgan fingerprint density at radius 2 is 2.18 bits per heavy atom. The molecule has 2 N–H and O–H groups in total. The second-order valence-corrected chi connectivity index (χ2v) is 4.88. The molecular formula is C12H18N4O. The number of aromatic amines is 1. The molecule has 0 saturated carbocycles. The SMILES string of the molecule is Cc1[nH]cnc1-c1nccn1CCC(C)(C)O. The average molecular weight is 234 g/mol. The van der Waals surface area contributed by atoms with Gasteiger partial charge in [0.05, 0.1) is 11.9 Å². The number of aryl methyl sites for hydroxylation is 2. The summed E-state index contributed by atoms with van der Waals surface area (Å²) in [5.41, 5.74) is 1.20. The quantitative estimate of drug-likeness (QED) is 0.846. The molecule has 2 rings (SSSR count). The highest BCUT2D eigenvalue weighted by atomic mass is 16.3. The Balaban J connectivity index is 2.21. The fraction of sp³-hybridized carbons (Fsp3) is 0.500. The van der Waals surface area contributed by atoms with Gasteiger partial charge in [-0.3, -0.25) is 0 Å². The highest BCUT2D eigenvalue weighted by molar-refractivity contribution is 5.52. The lowest BCUT2D eigenvalue weighted by Gasteiger charge is -2.17. The summed E-state index contributed by atoms with van der Waals surface area (Å²) in [5, 5.41) is 9.74. The topological polar surface area (TPSA) is 66.7 Å². The van der Waals surface area contributed by atoms with Gasteiger partial charge < -0.3 is 14.7 Å². The Labute approximate surface area is 101 Å². The molecule has 0 aromatic carbocycles. The minimum Gasteiger partial charge on any atom is -0.390 e. The van der Waals surface area contributed by atoms with Crippen molar-refractivity contribution in [3.8, 4) is 11.5 Å². The van der Waals surface area contributed by atoms with E-state index in [2.05, 4.69) is 15.0 Å². The van der Waals surface area contributed by atoms with Crippen LogP contribution in [0, 0.1) is 6.92 Å². The Hall–Kier alpha value is -1.62. The molecule has 92 valence electrons. The molecule has 5 heteroatoms. The van der Waals surface area contributed by atoms with Gasteiger partial charge in [0.2, 0.25) is 0 Å². The molecule has 17 heavy (non-hydrogen) atoms. The molecule has 2 heterocycles. The van der Waals surface area contributed by atoms with Crippen LogP contribution >= 0.6 is 0 Å². The zero-order chi connectivity index (χ0) is 12.5. The normalized spacial score (nSPS) is 12.0. The van der Waals surface area contributed by atoms with Gasteiger partial charge in [-0.2, -0.15) is 0 Å². The molecule has 5 nitrogen and oxygen atoms in total. The molecule has 2 aromatic heterocycles. The van der Waals surface area contributed by atoms with E-state index >= 15 is 0 Å². The van der Waals surface area contributed by atoms with Gasteiger partial charge in [0.1, 0.15) is 5.69 Å². The van der Waals surface area contributed by atoms with Crippen molar-refractivity contribution in [1.82, 2.24) is 19.5 Å². The minimum atomic E-state index is -0.665. The Kier molecular flexibility index (Phi) is 3.02. The minimum absolute atomic E-state index is 0.665. The zero-order valence-electron chi connectivity index (χ0n) is 10.4. The van der Waals surface area contributed by atoms with Crippen LogP contribution in [0.1, 0.15) is 26.0 Å². The third-order valence-electron chi connectivity index (χ3n) is 2.72. The average Bonchev–Trinajstić information content (AvgIpc) is 2.81. The standard InChI is InChI=1S/C12H18N4O/c1-9-10(15-8-14-9)11-13-5-7-16(11)6-4-12(2,3)17/h5,7-8,17H,4,6H2,1-3H3,(H,14,15). The predicted octanol–water partition coefficient (Wildman–Crippen LogP) is 1.74. The van der Waals surface area contributed by atoms with Crippen LogP contribution in [0.3, 0.4) is 0 Å². The van der Waals surface area contributed by atoms with E-state index in [4.69, 9.17) is 0 Å². The second-order valence-electron chi connectivity index (χ2n) is 4.88. The van der Waals surface area contributed by atoms with Crippen LogP contribution in [0.15, 0.2) is 18.7 Å². The maximum Gasteiger partial charge on any atom is 0.160 e. The molecule has 0 saturated heterocycles. The highest BCUT2D eigenvalue weighted by Crippen LogP contribution is 2.19. The summed E-state index contributed by atoms with van der Waals surface area (Å²) in [6.07, 6.45) is 6.02. The summed E-state index contributed by atoms with van der Waals surface area (Å²) < 4.78 is 2.02. The lowest BCUT2D eigenvalue weighted by molar-refractivity contribution is 0.0663. The summed E-state index contributed by atoms with van der Waals surface area (Å²) in [6.45, 7) is 6.31. The molecule has 0 spiro atoms. The molecule has 0 radical (unpaired) electrons. The van der Waals surface area contributed by atoms with Crippen LogP contribution in [-0.2, 0) is 6.54 Å². The number of hydrogen-bond donors (Lipinski definition) is 2. The van der Waals surface area contributed by atoms with Gasteiger partial charge >= 0.3 is 0 Å². The lowest BCUT2D eigenvalue weighted by Crippen LogP contribution is -2.21. The van der Waals surface area contributed by atoms with E-state index in [1.165, 1.54) is 0 Å². The highest BCUT2D eigenvalue weighted by Gasteiger charge is 2.15. The molecule has 0 bridgehead atoms. The van der Waals surface area contributed by atoms with Crippen LogP contribution in [0.25, 0.3) is 11.5 Å². The van der Waals surface area contributed by atoms with Gasteiger partial charge in [-0.25, -0.2) is 9.97 Å². The maximum atomic E-state index is 9.74. The first-order valence-corrected chi connectivity index (χ1v) is 5.71. The first-order chi connectivity index (χ1) is 7.97. The van der Waals surface area contributed by atoms with Crippen LogP contribution in [-0.4, -0.2) is 30.2 Å². The van der Waals surface area contributed by atoms with Gasteiger partial charge in [-0.1, -0.05) is 0 Å². The Morgan fingerprint density at radius 1 is 1.41 bits per heavy atom. The number of aromatic nitrogens is 4. The number of aliphatic hydroxyl groups is 1. The number of H-pyrrole nitrogens is 1. The largest absolute Gasteiger partial charge is 0.390 e. The van der Waals surface area contributed by atoms with E-state index in [1.807, 2.05) is 31.5 Å². The molecule has 2 aromatic rings. The van der Waals surface area contributed by atoms with Crippen molar-refractivity contribution in [3.05, 3.63) is 24.4 Å². The van der Waals surface area contributed by atoms with E-state index in [-0.39, 0.29) is 0 Å². The third-order valence-corrected chi connectivity index (χ3v) is 2.72. The molecular weight excluding hydrogens is 216 g/mol. The first kappa shape index (κ1) is 11.9. The number of nitrogens with one attached hydrogen (secondary N) is 1. The fourth-order valence-corrected chi connectivity index (χ4v) is 1.69. The molecule has 0 aliphatic rings. The van der Waals surface area contributed by atoms with Gasteiger partial charge in [0.15, 0.2) is 5.82 Å². The predicted molar refractivity (Wildman–Crippen MR) is 65.5 cm³/mol. The zero-order valence-corrected chi connectivity index (χ0v) is 10.4. The number of nitrogens with zero attached hydrogens (tertiary/aromatic N) is 3. The molecule has 0 amide bonds. The summed E-state index contributed by atoms with van der Waals surface area (Å²) in [5.74, 6) is 0.841. The van der Waals surface area contributed by atoms with Crippen molar-refractivity contribution in [1.29, 1.82) is 0 Å². The monoisotopic (exact) mass is 234 g/mol. The summed E-state index contributed by atoms with van der Waals surface area (Å²) >= 11 is 0. The van der Waals surface area contributed by atoms with E-state index < -0.39 is 5.60 Å². The van der Waals surface area contributed by atoms with Crippen molar-refractivity contribution in [2.75, 3.05) is 0 Å². The first-order valence-electron chi connectivity index (χ1n) is 5.71. The van der Waals surface area contributed by atoms with Crippen molar-refractivity contribution in [2.24, 2.45) is 0 Å². The van der Waals surface area contributed by atoms with Gasteiger partial charge in [-0.15, -0.1) is 0 Å². The van der Waals surface area contributed by atoms with Crippen molar-refractivity contribution in [3.63, 3.8) is 0 Å². The van der Waals surface area contributed by atoms with Crippen LogP contribution in [0.4, 0.5) is 0 Å². The summed E-state index contributed by atoms with van der Waals surface area (Å²) in [7, 11) is 0. The van der Waals surface area contributed by atoms with Crippen molar-refractivity contribution >= 4 is 0 Å². The number of imidazole rings is 2. The maximum absolute atomic E-state index is 9.74. The van der Waals surface area contributed by atoms with E-state index in [1.54, 1.807) is 12.5 Å². The van der Waals surface area contributed by atoms with Gasteiger partial charge in [0, 0.05) is 24.6 Å². The second kappa shape index (κ2) is 4.33. The molecule has 0 fully saturated rings. The van der Waals surface area contributed by atoms with Crippen LogP contribution < -0.4 is 0 Å². The fourth-order valence-electron chi connectivity index (χ4n) is 1.69. The van der Waals surface area contributed by atoms with Crippen LogP contribution in [0.2, 0.25) is 0 Å². The molecule has 0 atom stereocenters. The Morgan fingerprint density at radius 3 is 2.76 bits per heavy atom. The molecule has 0 unspecified atom stereocenters. The lowest BCUT2D eigenvalue weighted by atomic mass is 10.1. The van der Waals surface area contributed by atoms with Crippen molar-refractivity contribution < 1.29 is 5.11 Å². The molecule has 0 aliphatic carbocycles. The van der Waals surface area contributed by atoms with Gasteiger partial charge in [0.25, 0.3) is 0 Å². The Bertz CT molecular complexity index is 493.